The maximum absolute atomic E-state index is 12.3. The summed E-state index contributed by atoms with van der Waals surface area (Å²) in [5.41, 5.74) is 2.53. The Balaban J connectivity index is 1.55. The van der Waals surface area contributed by atoms with Gasteiger partial charge >= 0.3 is 0 Å². The molecule has 27 heavy (non-hydrogen) atoms. The van der Waals surface area contributed by atoms with Crippen molar-refractivity contribution in [2.45, 2.75) is 26.6 Å². The third kappa shape index (κ3) is 5.11. The van der Waals surface area contributed by atoms with Crippen LogP contribution >= 0.6 is 27.5 Å². The monoisotopic (exact) mass is 447 g/mol. The number of amides is 1. The van der Waals surface area contributed by atoms with Crippen molar-refractivity contribution in [2.75, 3.05) is 0 Å². The summed E-state index contributed by atoms with van der Waals surface area (Å²) in [7, 11) is 0. The fourth-order valence-corrected chi connectivity index (χ4v) is 3.30. The van der Waals surface area contributed by atoms with E-state index in [1.807, 2.05) is 41.9 Å². The van der Waals surface area contributed by atoms with Gasteiger partial charge in [-0.25, -0.2) is 0 Å². The smallest absolute Gasteiger partial charge is 0.251 e. The third-order valence-corrected chi connectivity index (χ3v) is 4.83. The van der Waals surface area contributed by atoms with Crippen molar-refractivity contribution in [1.29, 1.82) is 0 Å². The second-order valence-electron chi connectivity index (χ2n) is 5.88. The van der Waals surface area contributed by atoms with Gasteiger partial charge in [0.25, 0.3) is 5.91 Å². The summed E-state index contributed by atoms with van der Waals surface area (Å²) < 4.78 is 8.49. The second-order valence-corrected chi connectivity index (χ2v) is 7.20. The zero-order valence-corrected chi connectivity index (χ0v) is 17.1. The quantitative estimate of drug-likeness (QED) is 0.563. The number of ether oxygens (including phenoxy) is 1. The number of carbonyl (C=O) groups excluding carboxylic acids is 1. The minimum atomic E-state index is -0.123. The van der Waals surface area contributed by atoms with Crippen LogP contribution in [0.4, 0.5) is 0 Å². The van der Waals surface area contributed by atoms with Crippen molar-refractivity contribution < 1.29 is 9.53 Å². The van der Waals surface area contributed by atoms with Gasteiger partial charge < -0.3 is 10.1 Å². The number of aromatic nitrogens is 2. The molecule has 5 nitrogen and oxygen atoms in total. The molecule has 0 fully saturated rings. The lowest BCUT2D eigenvalue weighted by Crippen LogP contribution is -2.24. The molecule has 140 valence electrons. The van der Waals surface area contributed by atoms with Crippen LogP contribution < -0.4 is 10.1 Å². The minimum absolute atomic E-state index is 0.123. The van der Waals surface area contributed by atoms with E-state index in [0.717, 1.165) is 22.3 Å². The predicted molar refractivity (Wildman–Crippen MR) is 109 cm³/mol. The Morgan fingerprint density at radius 2 is 2.00 bits per heavy atom. The van der Waals surface area contributed by atoms with E-state index < -0.39 is 0 Å². The first-order chi connectivity index (χ1) is 13.1. The summed E-state index contributed by atoms with van der Waals surface area (Å²) in [6.45, 7) is 3.61. The molecule has 0 aliphatic carbocycles. The van der Waals surface area contributed by atoms with Gasteiger partial charge in [-0.1, -0.05) is 39.7 Å². The molecule has 1 amide bonds. The lowest BCUT2D eigenvalue weighted by atomic mass is 10.1. The molecule has 0 atom stereocenters. The van der Waals surface area contributed by atoms with Gasteiger partial charge in [0.05, 0.1) is 17.3 Å². The molecule has 0 spiro atoms. The first-order valence-corrected chi connectivity index (χ1v) is 9.69. The third-order valence-electron chi connectivity index (χ3n) is 4.04. The number of aryl methyl sites for hydroxylation is 1. The van der Waals surface area contributed by atoms with E-state index >= 15 is 0 Å². The summed E-state index contributed by atoms with van der Waals surface area (Å²) in [5.74, 6) is 0.497. The predicted octanol–water partition coefficient (Wildman–Crippen LogP) is 4.83. The molecule has 1 aromatic heterocycles. The molecule has 0 saturated heterocycles. The molecule has 0 radical (unpaired) electrons. The molecule has 0 unspecified atom stereocenters. The molecule has 2 aromatic carbocycles. The first-order valence-electron chi connectivity index (χ1n) is 8.52. The normalized spacial score (nSPS) is 10.6. The van der Waals surface area contributed by atoms with Gasteiger partial charge in [-0.2, -0.15) is 5.10 Å². The van der Waals surface area contributed by atoms with Gasteiger partial charge in [-0.05, 0) is 48.9 Å². The number of carbonyl (C=O) groups is 1. The minimum Gasteiger partial charge on any atom is -0.487 e. The van der Waals surface area contributed by atoms with Gasteiger partial charge in [0.2, 0.25) is 0 Å². The highest BCUT2D eigenvalue weighted by atomic mass is 79.9. The Morgan fingerprint density at radius 3 is 2.70 bits per heavy atom. The van der Waals surface area contributed by atoms with Crippen molar-refractivity contribution in [3.63, 3.8) is 0 Å². The van der Waals surface area contributed by atoms with Crippen molar-refractivity contribution in [2.24, 2.45) is 0 Å². The second kappa shape index (κ2) is 9.06. The molecule has 1 N–H and O–H groups in total. The Bertz CT molecular complexity index is 925. The van der Waals surface area contributed by atoms with Crippen LogP contribution in [-0.2, 0) is 19.7 Å². The topological polar surface area (TPSA) is 56.2 Å². The molecule has 1 heterocycles. The molecular formula is C20H19BrClN3O2. The Hall–Kier alpha value is -2.31. The number of rotatable bonds is 7. The maximum Gasteiger partial charge on any atom is 0.251 e. The Kier molecular flexibility index (Phi) is 6.53. The highest BCUT2D eigenvalue weighted by molar-refractivity contribution is 9.10. The van der Waals surface area contributed by atoms with Crippen LogP contribution in [0, 0.1) is 0 Å². The Labute approximate surface area is 171 Å². The molecule has 0 aliphatic rings. The summed E-state index contributed by atoms with van der Waals surface area (Å²) >= 11 is 9.51. The summed E-state index contributed by atoms with van der Waals surface area (Å²) in [6, 6.07) is 14.7. The fraction of sp³-hybridized carbons (Fsp3) is 0.200. The largest absolute Gasteiger partial charge is 0.487 e. The number of hydrogen-bond acceptors (Lipinski definition) is 3. The molecule has 0 bridgehead atoms. The first kappa shape index (κ1) is 19.5. The van der Waals surface area contributed by atoms with E-state index in [4.69, 9.17) is 16.3 Å². The van der Waals surface area contributed by atoms with Gasteiger partial charge in [0.1, 0.15) is 12.4 Å². The van der Waals surface area contributed by atoms with Gasteiger partial charge in [0.15, 0.2) is 0 Å². The van der Waals surface area contributed by atoms with Crippen molar-refractivity contribution in [3.8, 4) is 5.75 Å². The van der Waals surface area contributed by atoms with Crippen LogP contribution in [0.5, 0.6) is 5.75 Å². The average Bonchev–Trinajstić information content (AvgIpc) is 3.13. The average molecular weight is 449 g/mol. The number of hydrogen-bond donors (Lipinski definition) is 1. The van der Waals surface area contributed by atoms with E-state index in [1.54, 1.807) is 24.4 Å². The zero-order chi connectivity index (χ0) is 19.2. The van der Waals surface area contributed by atoms with E-state index in [-0.39, 0.29) is 5.91 Å². The van der Waals surface area contributed by atoms with Crippen LogP contribution in [0.25, 0.3) is 0 Å². The van der Waals surface area contributed by atoms with Crippen LogP contribution in [0.3, 0.4) is 0 Å². The molecule has 3 rings (SSSR count). The number of halogens is 2. The Morgan fingerprint density at radius 1 is 1.22 bits per heavy atom. The maximum atomic E-state index is 12.3. The van der Waals surface area contributed by atoms with E-state index in [0.29, 0.717) is 29.5 Å². The van der Waals surface area contributed by atoms with Gasteiger partial charge in [-0.3, -0.25) is 9.48 Å². The van der Waals surface area contributed by atoms with Crippen LogP contribution in [-0.4, -0.2) is 15.7 Å². The van der Waals surface area contributed by atoms with Crippen molar-refractivity contribution >= 4 is 33.4 Å². The number of nitrogens with one attached hydrogen (secondary N) is 1. The van der Waals surface area contributed by atoms with E-state index in [9.17, 15) is 4.79 Å². The van der Waals surface area contributed by atoms with Gasteiger partial charge in [-0.15, -0.1) is 0 Å². The van der Waals surface area contributed by atoms with Crippen molar-refractivity contribution in [1.82, 2.24) is 15.1 Å². The molecule has 7 heteroatoms. The summed E-state index contributed by atoms with van der Waals surface area (Å²) in [5, 5.41) is 7.65. The van der Waals surface area contributed by atoms with Crippen LogP contribution in [0.15, 0.2) is 59.2 Å². The standard InChI is InChI=1S/C20H19BrClN3O2/c1-2-25-17(9-10-24-25)12-23-20(26)15-5-3-14(4-6-15)13-27-19-8-7-16(21)11-18(19)22/h3-11H,2,12-13H2,1H3,(H,23,26). The van der Waals surface area contributed by atoms with Crippen molar-refractivity contribution in [3.05, 3.63) is 81.0 Å². The summed E-state index contributed by atoms with van der Waals surface area (Å²) in [4.78, 5) is 12.3. The number of benzene rings is 2. The highest BCUT2D eigenvalue weighted by Gasteiger charge is 2.08. The van der Waals surface area contributed by atoms with E-state index in [1.165, 1.54) is 0 Å². The molecular weight excluding hydrogens is 430 g/mol. The fourth-order valence-electron chi connectivity index (χ4n) is 2.57. The summed E-state index contributed by atoms with van der Waals surface area (Å²) in [6.07, 6.45) is 1.73. The lowest BCUT2D eigenvalue weighted by Gasteiger charge is -2.10. The van der Waals surface area contributed by atoms with E-state index in [2.05, 4.69) is 26.3 Å². The molecule has 0 aliphatic heterocycles. The molecule has 0 saturated carbocycles. The van der Waals surface area contributed by atoms with Gasteiger partial charge in [0, 0.05) is 22.8 Å². The SMILES string of the molecule is CCn1nccc1CNC(=O)c1ccc(COc2ccc(Br)cc2Cl)cc1. The lowest BCUT2D eigenvalue weighted by molar-refractivity contribution is 0.0950. The van der Waals surface area contributed by atoms with Crippen LogP contribution in [0.2, 0.25) is 5.02 Å². The molecule has 3 aromatic rings. The zero-order valence-electron chi connectivity index (χ0n) is 14.8. The van der Waals surface area contributed by atoms with Crippen LogP contribution in [0.1, 0.15) is 28.5 Å². The highest BCUT2D eigenvalue weighted by Crippen LogP contribution is 2.28. The number of nitrogens with zero attached hydrogens (tertiary/aromatic N) is 2.